The standard InChI is InChI=1S/C14H18N2O3/c1-3-15-9-11-4-5-12(17-2)8-14(11)18-10-13-6-7-16-19-13/h4-8,15H,3,9-10H2,1-2H3. The SMILES string of the molecule is CCNCc1ccc(OC)cc1OCc1ccno1. The monoisotopic (exact) mass is 262 g/mol. The second kappa shape index (κ2) is 6.80. The van der Waals surface area contributed by atoms with Gasteiger partial charge in [-0.05, 0) is 12.6 Å². The zero-order valence-electron chi connectivity index (χ0n) is 11.2. The highest BCUT2D eigenvalue weighted by Crippen LogP contribution is 2.25. The highest BCUT2D eigenvalue weighted by atomic mass is 16.5. The van der Waals surface area contributed by atoms with Gasteiger partial charge in [0.1, 0.15) is 18.1 Å². The van der Waals surface area contributed by atoms with Crippen LogP contribution in [0.2, 0.25) is 0 Å². The van der Waals surface area contributed by atoms with E-state index in [1.165, 1.54) is 0 Å². The molecule has 0 atom stereocenters. The molecule has 0 bridgehead atoms. The second-order valence-corrected chi connectivity index (χ2v) is 4.02. The van der Waals surface area contributed by atoms with Crippen LogP contribution in [-0.2, 0) is 13.2 Å². The number of benzene rings is 1. The smallest absolute Gasteiger partial charge is 0.174 e. The number of methoxy groups -OCH3 is 1. The van der Waals surface area contributed by atoms with Crippen LogP contribution in [0.3, 0.4) is 0 Å². The molecule has 0 spiro atoms. The molecule has 1 heterocycles. The Balaban J connectivity index is 2.10. The van der Waals surface area contributed by atoms with Crippen molar-refractivity contribution in [1.82, 2.24) is 10.5 Å². The van der Waals surface area contributed by atoms with Crippen molar-refractivity contribution >= 4 is 0 Å². The van der Waals surface area contributed by atoms with Gasteiger partial charge in [0, 0.05) is 24.2 Å². The molecule has 0 amide bonds. The number of hydrogen-bond acceptors (Lipinski definition) is 5. The largest absolute Gasteiger partial charge is 0.497 e. The lowest BCUT2D eigenvalue weighted by Crippen LogP contribution is -2.13. The van der Waals surface area contributed by atoms with Gasteiger partial charge < -0.3 is 19.3 Å². The third-order valence-corrected chi connectivity index (χ3v) is 2.70. The molecule has 0 unspecified atom stereocenters. The van der Waals surface area contributed by atoms with Gasteiger partial charge in [0.15, 0.2) is 5.76 Å². The van der Waals surface area contributed by atoms with Crippen LogP contribution in [0, 0.1) is 0 Å². The molecule has 0 aliphatic carbocycles. The number of ether oxygens (including phenoxy) is 2. The summed E-state index contributed by atoms with van der Waals surface area (Å²) >= 11 is 0. The number of nitrogens with zero attached hydrogens (tertiary/aromatic N) is 1. The van der Waals surface area contributed by atoms with E-state index in [-0.39, 0.29) is 0 Å². The Labute approximate surface area is 112 Å². The average Bonchev–Trinajstić information content (AvgIpc) is 2.96. The predicted octanol–water partition coefficient (Wildman–Crippen LogP) is 2.37. The fourth-order valence-corrected chi connectivity index (χ4v) is 1.67. The summed E-state index contributed by atoms with van der Waals surface area (Å²) in [4.78, 5) is 0. The predicted molar refractivity (Wildman–Crippen MR) is 71.2 cm³/mol. The Morgan fingerprint density at radius 2 is 2.21 bits per heavy atom. The van der Waals surface area contributed by atoms with Crippen molar-refractivity contribution < 1.29 is 14.0 Å². The van der Waals surface area contributed by atoms with Gasteiger partial charge in [-0.3, -0.25) is 0 Å². The van der Waals surface area contributed by atoms with Crippen molar-refractivity contribution in [2.45, 2.75) is 20.1 Å². The Bertz CT molecular complexity index is 497. The maximum atomic E-state index is 5.77. The average molecular weight is 262 g/mol. The van der Waals surface area contributed by atoms with Crippen LogP contribution >= 0.6 is 0 Å². The minimum atomic E-state index is 0.353. The first-order valence-electron chi connectivity index (χ1n) is 6.23. The van der Waals surface area contributed by atoms with Crippen molar-refractivity contribution in [3.05, 3.63) is 41.8 Å². The van der Waals surface area contributed by atoms with Crippen molar-refractivity contribution in [2.75, 3.05) is 13.7 Å². The Kier molecular flexibility index (Phi) is 4.80. The summed E-state index contributed by atoms with van der Waals surface area (Å²) in [5.41, 5.74) is 1.09. The van der Waals surface area contributed by atoms with Crippen molar-refractivity contribution in [2.24, 2.45) is 0 Å². The molecule has 0 fully saturated rings. The molecule has 5 heteroatoms. The quantitative estimate of drug-likeness (QED) is 0.830. The van der Waals surface area contributed by atoms with Crippen LogP contribution in [0.4, 0.5) is 0 Å². The number of hydrogen-bond donors (Lipinski definition) is 1. The van der Waals surface area contributed by atoms with Crippen LogP contribution in [0.25, 0.3) is 0 Å². The van der Waals surface area contributed by atoms with Gasteiger partial charge in [0.05, 0.1) is 13.3 Å². The van der Waals surface area contributed by atoms with Gasteiger partial charge >= 0.3 is 0 Å². The van der Waals surface area contributed by atoms with Crippen LogP contribution in [0.5, 0.6) is 11.5 Å². The molecule has 1 aromatic heterocycles. The first-order chi connectivity index (χ1) is 9.33. The molecule has 0 saturated heterocycles. The summed E-state index contributed by atoms with van der Waals surface area (Å²) in [7, 11) is 1.64. The minimum absolute atomic E-state index is 0.353. The molecular weight excluding hydrogens is 244 g/mol. The van der Waals surface area contributed by atoms with E-state index in [0.29, 0.717) is 12.4 Å². The maximum absolute atomic E-state index is 5.77. The first-order valence-corrected chi connectivity index (χ1v) is 6.23. The van der Waals surface area contributed by atoms with E-state index in [2.05, 4.69) is 17.4 Å². The van der Waals surface area contributed by atoms with Gasteiger partial charge in [-0.25, -0.2) is 0 Å². The molecule has 102 valence electrons. The fourth-order valence-electron chi connectivity index (χ4n) is 1.67. The second-order valence-electron chi connectivity index (χ2n) is 4.02. The van der Waals surface area contributed by atoms with E-state index in [1.54, 1.807) is 19.4 Å². The topological polar surface area (TPSA) is 56.5 Å². The van der Waals surface area contributed by atoms with Crippen LogP contribution < -0.4 is 14.8 Å². The molecule has 0 aliphatic rings. The zero-order valence-corrected chi connectivity index (χ0v) is 11.2. The van der Waals surface area contributed by atoms with E-state index < -0.39 is 0 Å². The maximum Gasteiger partial charge on any atom is 0.174 e. The van der Waals surface area contributed by atoms with Crippen molar-refractivity contribution in [3.63, 3.8) is 0 Å². The molecule has 2 aromatic rings. The van der Waals surface area contributed by atoms with Gasteiger partial charge in [-0.15, -0.1) is 0 Å². The molecule has 2 rings (SSSR count). The summed E-state index contributed by atoms with van der Waals surface area (Å²) in [6.45, 7) is 4.09. The lowest BCUT2D eigenvalue weighted by atomic mass is 10.2. The van der Waals surface area contributed by atoms with Crippen LogP contribution in [0.1, 0.15) is 18.2 Å². The van der Waals surface area contributed by atoms with Gasteiger partial charge in [0.2, 0.25) is 0 Å². The molecule has 19 heavy (non-hydrogen) atoms. The van der Waals surface area contributed by atoms with Crippen LogP contribution in [0.15, 0.2) is 35.0 Å². The van der Waals surface area contributed by atoms with Gasteiger partial charge in [0.25, 0.3) is 0 Å². The molecule has 0 aliphatic heterocycles. The van der Waals surface area contributed by atoms with Gasteiger partial charge in [-0.1, -0.05) is 18.1 Å². The zero-order chi connectivity index (χ0) is 13.5. The molecule has 1 N–H and O–H groups in total. The fraction of sp³-hybridized carbons (Fsp3) is 0.357. The first kappa shape index (κ1) is 13.4. The van der Waals surface area contributed by atoms with E-state index in [4.69, 9.17) is 14.0 Å². The lowest BCUT2D eigenvalue weighted by Gasteiger charge is -2.12. The number of aromatic nitrogens is 1. The lowest BCUT2D eigenvalue weighted by molar-refractivity contribution is 0.246. The van der Waals surface area contributed by atoms with Crippen molar-refractivity contribution in [3.8, 4) is 11.5 Å². The number of rotatable bonds is 7. The van der Waals surface area contributed by atoms with Crippen molar-refractivity contribution in [1.29, 1.82) is 0 Å². The third-order valence-electron chi connectivity index (χ3n) is 2.70. The van der Waals surface area contributed by atoms with Gasteiger partial charge in [-0.2, -0.15) is 0 Å². The molecule has 1 aromatic carbocycles. The minimum Gasteiger partial charge on any atom is -0.497 e. The summed E-state index contributed by atoms with van der Waals surface area (Å²) in [6, 6.07) is 7.58. The molecule has 0 saturated carbocycles. The highest BCUT2D eigenvalue weighted by Gasteiger charge is 2.07. The Morgan fingerprint density at radius 3 is 2.89 bits per heavy atom. The van der Waals surface area contributed by atoms with E-state index >= 15 is 0 Å². The van der Waals surface area contributed by atoms with E-state index in [9.17, 15) is 0 Å². The van der Waals surface area contributed by atoms with E-state index in [1.807, 2.05) is 18.2 Å². The third kappa shape index (κ3) is 3.72. The number of nitrogens with one attached hydrogen (secondary N) is 1. The Morgan fingerprint density at radius 1 is 1.32 bits per heavy atom. The highest BCUT2D eigenvalue weighted by molar-refractivity contribution is 5.40. The normalized spacial score (nSPS) is 10.4. The molecular formula is C14H18N2O3. The summed E-state index contributed by atoms with van der Waals surface area (Å²) in [6.07, 6.45) is 1.60. The summed E-state index contributed by atoms with van der Waals surface area (Å²) in [5, 5.41) is 6.93. The summed E-state index contributed by atoms with van der Waals surface area (Å²) in [5.74, 6) is 2.25. The Hall–Kier alpha value is -2.01. The molecule has 5 nitrogen and oxygen atoms in total. The van der Waals surface area contributed by atoms with E-state index in [0.717, 1.165) is 30.2 Å². The molecule has 0 radical (unpaired) electrons. The summed E-state index contributed by atoms with van der Waals surface area (Å²) < 4.78 is 16.0. The van der Waals surface area contributed by atoms with Crippen LogP contribution in [-0.4, -0.2) is 18.8 Å².